The summed E-state index contributed by atoms with van der Waals surface area (Å²) < 4.78 is 21.7. The zero-order chi connectivity index (χ0) is 46.0. The number of benzene rings is 4. The zero-order valence-electron chi connectivity index (χ0n) is 37.8. The number of nitrogens with one attached hydrogen (secondary N) is 4. The summed E-state index contributed by atoms with van der Waals surface area (Å²) in [6.07, 6.45) is 1.91. The van der Waals surface area contributed by atoms with Crippen LogP contribution in [0.3, 0.4) is 0 Å². The lowest BCUT2D eigenvalue weighted by molar-refractivity contribution is -0.137. The standard InChI is InChI=1S/C50H54N8O8/c1-25(2)41(55-49(61)64-5)48(60)58-39(19-33-26(3)44(33)58)46-52-36-15-13-29-18-35-32-14-12-30(17-31(32)24-66-40(35)20-34(29)43(36)54-46)37-21-51-45(53-37)38-16-27(23-63-4)22-57(38)47(59)42(56-50(62)65-6)28-10-8-7-9-11-28/h7-15,17-18,20-21,25-27,33,38-39,41-42,44H,16,19,22-24H2,1-6H3,(H,51,53)(H,52,54)(H,55,61)(H,56,62)/t26?,27-,33?,38-,39-,41-,42+,44?/m0/s1. The molecular weight excluding hydrogens is 841 g/mol. The SMILES string of the molecule is COC[C@H]1C[C@@H](c2ncc(-c3ccc4c(c3)COc3cc5c(ccc6[nH]c([C@@H]7CC8C(C)C8N7C(=O)[C@@H](NC(=O)OC)C(C)C)nc65)cc3-4)[nH]2)N(C(=O)[C@H](NC(=O)OC)c2ccccc2)C1. The summed E-state index contributed by atoms with van der Waals surface area (Å²) in [7, 11) is 4.23. The molecule has 4 aliphatic rings. The first-order chi connectivity index (χ1) is 32.0. The lowest BCUT2D eigenvalue weighted by atomic mass is 9.92. The van der Waals surface area contributed by atoms with Gasteiger partial charge in [0.2, 0.25) is 5.91 Å². The van der Waals surface area contributed by atoms with Crippen LogP contribution in [-0.2, 0) is 30.4 Å². The number of methoxy groups -OCH3 is 3. The molecule has 2 saturated heterocycles. The molecule has 3 unspecified atom stereocenters. The number of piperidine rings is 1. The minimum atomic E-state index is -0.947. The van der Waals surface area contributed by atoms with Crippen molar-refractivity contribution in [1.82, 2.24) is 40.4 Å². The number of H-pyrrole nitrogens is 2. The van der Waals surface area contributed by atoms with Gasteiger partial charge in [0.05, 0.1) is 55.8 Å². The number of aromatic amines is 2. The van der Waals surface area contributed by atoms with Crippen molar-refractivity contribution < 1.29 is 38.1 Å². The van der Waals surface area contributed by atoms with Crippen LogP contribution in [0.5, 0.6) is 5.75 Å². The van der Waals surface area contributed by atoms with E-state index in [1.54, 1.807) is 18.2 Å². The lowest BCUT2D eigenvalue weighted by Gasteiger charge is -2.32. The third kappa shape index (κ3) is 7.56. The molecule has 1 aliphatic carbocycles. The molecule has 0 bridgehead atoms. The number of likely N-dealkylation sites (tertiary alicyclic amines) is 2. The summed E-state index contributed by atoms with van der Waals surface area (Å²) >= 11 is 0. The van der Waals surface area contributed by atoms with E-state index in [9.17, 15) is 19.2 Å². The lowest BCUT2D eigenvalue weighted by Crippen LogP contribution is -2.52. The Balaban J connectivity index is 0.912. The second-order valence-corrected chi connectivity index (χ2v) is 18.4. The van der Waals surface area contributed by atoms with Gasteiger partial charge in [-0.3, -0.25) is 9.59 Å². The second-order valence-electron chi connectivity index (χ2n) is 18.4. The molecule has 0 spiro atoms. The van der Waals surface area contributed by atoms with Gasteiger partial charge in [-0.25, -0.2) is 19.6 Å². The van der Waals surface area contributed by atoms with Crippen LogP contribution in [0.4, 0.5) is 9.59 Å². The van der Waals surface area contributed by atoms with E-state index < -0.39 is 24.3 Å². The van der Waals surface area contributed by atoms with Gasteiger partial charge in [-0.2, -0.15) is 0 Å². The molecule has 5 heterocycles. The highest BCUT2D eigenvalue weighted by molar-refractivity contribution is 6.07. The summed E-state index contributed by atoms with van der Waals surface area (Å²) in [4.78, 5) is 74.0. The van der Waals surface area contributed by atoms with E-state index in [2.05, 4.69) is 63.9 Å². The number of ether oxygens (including phenoxy) is 4. The monoisotopic (exact) mass is 894 g/mol. The van der Waals surface area contributed by atoms with Crippen LogP contribution in [0.25, 0.3) is 44.2 Å². The van der Waals surface area contributed by atoms with E-state index in [0.29, 0.717) is 49.4 Å². The first kappa shape index (κ1) is 43.0. The number of hydrogen-bond donors (Lipinski definition) is 4. The maximum Gasteiger partial charge on any atom is 0.407 e. The number of nitrogens with zero attached hydrogens (tertiary/aromatic N) is 4. The van der Waals surface area contributed by atoms with Crippen LogP contribution in [0.1, 0.15) is 74.5 Å². The third-order valence-electron chi connectivity index (χ3n) is 14.1. The molecule has 4 aromatic carbocycles. The van der Waals surface area contributed by atoms with E-state index in [4.69, 9.17) is 28.9 Å². The highest BCUT2D eigenvalue weighted by Gasteiger charge is 2.61. The molecule has 3 aliphatic heterocycles. The molecule has 2 aromatic heterocycles. The summed E-state index contributed by atoms with van der Waals surface area (Å²) in [6.45, 7) is 7.30. The van der Waals surface area contributed by atoms with Gasteiger partial charge in [-0.1, -0.05) is 69.3 Å². The molecular formula is C50H54N8O8. The fourth-order valence-electron chi connectivity index (χ4n) is 10.7. The average molecular weight is 895 g/mol. The first-order valence-electron chi connectivity index (χ1n) is 22.6. The Morgan fingerprint density at radius 2 is 1.65 bits per heavy atom. The Kier molecular flexibility index (Phi) is 11.2. The fourth-order valence-corrected chi connectivity index (χ4v) is 10.7. The summed E-state index contributed by atoms with van der Waals surface area (Å²) in [5, 5.41) is 7.47. The number of alkyl carbamates (subject to hydrolysis) is 2. The first-order valence-corrected chi connectivity index (χ1v) is 22.6. The van der Waals surface area contributed by atoms with Gasteiger partial charge < -0.3 is 49.3 Å². The summed E-state index contributed by atoms with van der Waals surface area (Å²) in [6, 6.07) is 21.6. The van der Waals surface area contributed by atoms with E-state index in [-0.39, 0.29) is 41.8 Å². The van der Waals surface area contributed by atoms with Crippen LogP contribution in [0.15, 0.2) is 79.0 Å². The van der Waals surface area contributed by atoms with Crippen molar-refractivity contribution >= 4 is 45.8 Å². The molecule has 16 heteroatoms. The average Bonchev–Trinajstić information content (AvgIpc) is 3.96. The van der Waals surface area contributed by atoms with Crippen molar-refractivity contribution in [1.29, 1.82) is 0 Å². The molecule has 66 heavy (non-hydrogen) atoms. The highest BCUT2D eigenvalue weighted by Crippen LogP contribution is 2.58. The normalized spacial score (nSPS) is 22.6. The number of amides is 4. The number of hydrogen-bond acceptors (Lipinski definition) is 10. The molecule has 4 N–H and O–H groups in total. The molecule has 4 amide bonds. The van der Waals surface area contributed by atoms with Gasteiger partial charge in [0.15, 0.2) is 0 Å². The number of aromatic nitrogens is 4. The van der Waals surface area contributed by atoms with E-state index in [0.717, 1.165) is 67.7 Å². The number of rotatable bonds is 11. The van der Waals surface area contributed by atoms with Crippen LogP contribution in [0, 0.1) is 23.7 Å². The van der Waals surface area contributed by atoms with Crippen LogP contribution in [-0.4, -0.2) is 100 Å². The van der Waals surface area contributed by atoms with Crippen molar-refractivity contribution in [3.8, 4) is 28.1 Å². The largest absolute Gasteiger partial charge is 0.488 e. The second kappa shape index (κ2) is 17.1. The number of carbonyl (C=O) groups excluding carboxylic acids is 4. The van der Waals surface area contributed by atoms with Crippen molar-refractivity contribution in [3.63, 3.8) is 0 Å². The van der Waals surface area contributed by atoms with Crippen LogP contribution < -0.4 is 15.4 Å². The molecule has 10 rings (SSSR count). The summed E-state index contributed by atoms with van der Waals surface area (Å²) in [5.41, 5.74) is 7.14. The Morgan fingerprint density at radius 3 is 2.41 bits per heavy atom. The number of carbonyl (C=O) groups is 4. The maximum atomic E-state index is 14.3. The molecule has 16 nitrogen and oxygen atoms in total. The topological polar surface area (TPSA) is 193 Å². The highest BCUT2D eigenvalue weighted by atomic mass is 16.5. The molecule has 342 valence electrons. The summed E-state index contributed by atoms with van der Waals surface area (Å²) in [5.74, 6) is 2.46. The quantitative estimate of drug-likeness (QED) is 0.101. The molecule has 1 saturated carbocycles. The fraction of sp³-hybridized carbons (Fsp3) is 0.400. The van der Waals surface area contributed by atoms with E-state index in [1.807, 2.05) is 55.1 Å². The van der Waals surface area contributed by atoms with Crippen LogP contribution in [0.2, 0.25) is 0 Å². The van der Waals surface area contributed by atoms with Gasteiger partial charge >= 0.3 is 12.2 Å². The van der Waals surface area contributed by atoms with Crippen molar-refractivity contribution in [2.24, 2.45) is 23.7 Å². The molecule has 6 aromatic rings. The third-order valence-corrected chi connectivity index (χ3v) is 14.1. The minimum absolute atomic E-state index is 0.0684. The van der Waals surface area contributed by atoms with Crippen molar-refractivity contribution in [2.75, 3.05) is 34.5 Å². The predicted octanol–water partition coefficient (Wildman–Crippen LogP) is 7.59. The van der Waals surface area contributed by atoms with Gasteiger partial charge in [0, 0.05) is 36.6 Å². The minimum Gasteiger partial charge on any atom is -0.488 e. The Bertz CT molecular complexity index is 2860. The molecule has 8 atom stereocenters. The Morgan fingerprint density at radius 1 is 0.864 bits per heavy atom. The van der Waals surface area contributed by atoms with Gasteiger partial charge in [-0.05, 0) is 82.5 Å². The number of imidazole rings is 2. The smallest absolute Gasteiger partial charge is 0.407 e. The van der Waals surface area contributed by atoms with Gasteiger partial charge in [0.1, 0.15) is 36.1 Å². The Hall–Kier alpha value is -6.94. The maximum absolute atomic E-state index is 14.3. The Labute approximate surface area is 381 Å². The predicted molar refractivity (Wildman–Crippen MR) is 245 cm³/mol. The number of fused-ring (bicyclic) bond motifs is 7. The molecule has 0 radical (unpaired) electrons. The van der Waals surface area contributed by atoms with Crippen molar-refractivity contribution in [2.45, 2.75) is 70.4 Å². The molecule has 3 fully saturated rings. The van der Waals surface area contributed by atoms with Gasteiger partial charge in [-0.15, -0.1) is 0 Å². The van der Waals surface area contributed by atoms with Crippen LogP contribution >= 0.6 is 0 Å². The van der Waals surface area contributed by atoms with Gasteiger partial charge in [0.25, 0.3) is 5.91 Å². The van der Waals surface area contributed by atoms with Crippen molar-refractivity contribution in [3.05, 3.63) is 102 Å². The van der Waals surface area contributed by atoms with E-state index >= 15 is 0 Å². The zero-order valence-corrected chi connectivity index (χ0v) is 37.8. The van der Waals surface area contributed by atoms with E-state index in [1.165, 1.54) is 14.2 Å².